The summed E-state index contributed by atoms with van der Waals surface area (Å²) in [4.78, 5) is 25.8. The van der Waals surface area contributed by atoms with Crippen molar-refractivity contribution in [1.29, 1.82) is 0 Å². The molecule has 0 aliphatic heterocycles. The first-order valence-electron chi connectivity index (χ1n) is 6.10. The van der Waals surface area contributed by atoms with Crippen molar-refractivity contribution in [3.63, 3.8) is 0 Å². The van der Waals surface area contributed by atoms with Gasteiger partial charge < -0.3 is 10.6 Å². The Kier molecular flexibility index (Phi) is 4.23. The highest BCUT2D eigenvalue weighted by Gasteiger charge is 2.13. The second-order valence-electron chi connectivity index (χ2n) is 3.92. The molecule has 0 saturated carbocycles. The first-order chi connectivity index (χ1) is 9.55. The van der Waals surface area contributed by atoms with Gasteiger partial charge in [0.25, 0.3) is 0 Å². The van der Waals surface area contributed by atoms with Crippen LogP contribution >= 0.6 is 11.8 Å². The summed E-state index contributed by atoms with van der Waals surface area (Å²) in [5.41, 5.74) is 5.41. The van der Waals surface area contributed by atoms with Gasteiger partial charge in [0.05, 0.1) is 0 Å². The van der Waals surface area contributed by atoms with Crippen LogP contribution in [0.2, 0.25) is 0 Å². The third-order valence-corrected chi connectivity index (χ3v) is 3.60. The van der Waals surface area contributed by atoms with Crippen molar-refractivity contribution in [2.75, 3.05) is 23.7 Å². The molecule has 2 rings (SSSR count). The smallest absolute Gasteiger partial charge is 0.343 e. The number of anilines is 2. The minimum absolute atomic E-state index is 0.143. The number of aromatic amines is 1. The molecule has 0 bridgehead atoms. The lowest BCUT2D eigenvalue weighted by Gasteiger charge is -2.18. The van der Waals surface area contributed by atoms with E-state index in [2.05, 4.69) is 25.1 Å². The molecule has 0 unspecified atom stereocenters. The summed E-state index contributed by atoms with van der Waals surface area (Å²) < 4.78 is 1.38. The normalized spacial score (nSPS) is 10.8. The van der Waals surface area contributed by atoms with E-state index in [1.165, 1.54) is 4.57 Å². The zero-order chi connectivity index (χ0) is 14.7. The van der Waals surface area contributed by atoms with Gasteiger partial charge in [-0.25, -0.2) is 9.89 Å². The van der Waals surface area contributed by atoms with Crippen LogP contribution in [0, 0.1) is 0 Å². The lowest BCUT2D eigenvalue weighted by Crippen LogP contribution is -2.25. The molecule has 0 aromatic carbocycles. The molecule has 9 nitrogen and oxygen atoms in total. The summed E-state index contributed by atoms with van der Waals surface area (Å²) in [5, 5.41) is 7.11. The molecule has 0 radical (unpaired) electrons. The molecule has 2 aromatic rings. The number of rotatable bonds is 5. The number of nitrogens with zero attached hydrogens (tertiary/aromatic N) is 6. The van der Waals surface area contributed by atoms with Crippen molar-refractivity contribution in [3.05, 3.63) is 10.5 Å². The second kappa shape index (κ2) is 5.90. The van der Waals surface area contributed by atoms with Crippen LogP contribution in [0.25, 0.3) is 0 Å². The summed E-state index contributed by atoms with van der Waals surface area (Å²) in [6.45, 7) is 5.55. The molecule has 0 atom stereocenters. The van der Waals surface area contributed by atoms with Gasteiger partial charge in [-0.2, -0.15) is 15.0 Å². The fourth-order valence-electron chi connectivity index (χ4n) is 1.56. The van der Waals surface area contributed by atoms with Crippen LogP contribution in [-0.2, 0) is 7.05 Å². The maximum absolute atomic E-state index is 11.3. The van der Waals surface area contributed by atoms with Gasteiger partial charge >= 0.3 is 5.69 Å². The Bertz CT molecular complexity index is 647. The molecule has 0 fully saturated rings. The van der Waals surface area contributed by atoms with E-state index in [9.17, 15) is 4.79 Å². The zero-order valence-corrected chi connectivity index (χ0v) is 12.3. The molecule has 2 heterocycles. The Morgan fingerprint density at radius 1 is 1.30 bits per heavy atom. The number of aromatic nitrogens is 6. The SMILES string of the molecule is CCN(CC)c1nc(N)nc(Sc2n[nH]c(=O)n2C)n1. The Morgan fingerprint density at radius 2 is 2.00 bits per heavy atom. The maximum atomic E-state index is 11.3. The van der Waals surface area contributed by atoms with E-state index in [0.717, 1.165) is 24.9 Å². The summed E-state index contributed by atoms with van der Waals surface area (Å²) in [7, 11) is 1.62. The van der Waals surface area contributed by atoms with E-state index in [1.807, 2.05) is 18.7 Å². The Hall–Kier alpha value is -2.10. The number of hydrogen-bond donors (Lipinski definition) is 2. The minimum Gasteiger partial charge on any atom is -0.368 e. The standard InChI is InChI=1S/C10H16N8OS/c1-4-18(5-2)7-12-6(11)13-8(14-7)20-10-16-15-9(19)17(10)3/h4-5H2,1-3H3,(H,15,19)(H2,11,12,13,14). The van der Waals surface area contributed by atoms with Gasteiger partial charge in [-0.15, -0.1) is 5.10 Å². The van der Waals surface area contributed by atoms with Gasteiger partial charge in [-0.05, 0) is 25.6 Å². The van der Waals surface area contributed by atoms with Crippen molar-refractivity contribution >= 4 is 23.7 Å². The number of hydrogen-bond acceptors (Lipinski definition) is 8. The van der Waals surface area contributed by atoms with Gasteiger partial charge in [-0.3, -0.25) is 4.57 Å². The fourth-order valence-corrected chi connectivity index (χ4v) is 2.30. The number of nitrogens with one attached hydrogen (secondary N) is 1. The van der Waals surface area contributed by atoms with Crippen LogP contribution in [0.5, 0.6) is 0 Å². The molecule has 0 aliphatic rings. The predicted octanol–water partition coefficient (Wildman–Crippen LogP) is -0.127. The fraction of sp³-hybridized carbons (Fsp3) is 0.500. The van der Waals surface area contributed by atoms with Crippen molar-refractivity contribution in [1.82, 2.24) is 29.7 Å². The van der Waals surface area contributed by atoms with Crippen LogP contribution in [0.15, 0.2) is 15.1 Å². The summed E-state index contributed by atoms with van der Waals surface area (Å²) in [5.74, 6) is 0.662. The van der Waals surface area contributed by atoms with E-state index in [4.69, 9.17) is 5.73 Å². The molecule has 20 heavy (non-hydrogen) atoms. The maximum Gasteiger partial charge on any atom is 0.343 e. The van der Waals surface area contributed by atoms with Gasteiger partial charge in [0.2, 0.25) is 17.1 Å². The van der Waals surface area contributed by atoms with Crippen LogP contribution in [-0.4, -0.2) is 42.8 Å². The largest absolute Gasteiger partial charge is 0.368 e. The third kappa shape index (κ3) is 2.90. The van der Waals surface area contributed by atoms with E-state index >= 15 is 0 Å². The average molecular weight is 296 g/mol. The van der Waals surface area contributed by atoms with E-state index in [1.54, 1.807) is 7.05 Å². The number of H-pyrrole nitrogens is 1. The minimum atomic E-state index is -0.293. The van der Waals surface area contributed by atoms with Crippen LogP contribution in [0.3, 0.4) is 0 Å². The summed E-state index contributed by atoms with van der Waals surface area (Å²) >= 11 is 1.15. The first-order valence-corrected chi connectivity index (χ1v) is 6.92. The van der Waals surface area contributed by atoms with Crippen LogP contribution < -0.4 is 16.3 Å². The topological polar surface area (TPSA) is 119 Å². The van der Waals surface area contributed by atoms with Gasteiger partial charge in [0, 0.05) is 20.1 Å². The van der Waals surface area contributed by atoms with Crippen molar-refractivity contribution in [2.24, 2.45) is 7.05 Å². The highest BCUT2D eigenvalue weighted by atomic mass is 32.2. The number of nitrogen functional groups attached to an aromatic ring is 1. The van der Waals surface area contributed by atoms with Gasteiger partial charge in [0.15, 0.2) is 5.16 Å². The van der Waals surface area contributed by atoms with Gasteiger partial charge in [-0.1, -0.05) is 0 Å². The quantitative estimate of drug-likeness (QED) is 0.783. The molecular weight excluding hydrogens is 280 g/mol. The summed E-state index contributed by atoms with van der Waals surface area (Å²) in [6, 6.07) is 0. The lowest BCUT2D eigenvalue weighted by atomic mass is 10.5. The molecule has 108 valence electrons. The molecule has 10 heteroatoms. The highest BCUT2D eigenvalue weighted by molar-refractivity contribution is 7.99. The predicted molar refractivity (Wildman–Crippen MR) is 75.8 cm³/mol. The zero-order valence-electron chi connectivity index (χ0n) is 11.5. The van der Waals surface area contributed by atoms with Crippen LogP contribution in [0.4, 0.5) is 11.9 Å². The Labute approximate surface area is 119 Å². The molecule has 0 aliphatic carbocycles. The van der Waals surface area contributed by atoms with Crippen LogP contribution in [0.1, 0.15) is 13.8 Å². The number of nitrogens with two attached hydrogens (primary N) is 1. The highest BCUT2D eigenvalue weighted by Crippen LogP contribution is 2.23. The molecule has 0 spiro atoms. The van der Waals surface area contributed by atoms with Gasteiger partial charge in [0.1, 0.15) is 0 Å². The second-order valence-corrected chi connectivity index (χ2v) is 4.86. The van der Waals surface area contributed by atoms with Crippen molar-refractivity contribution in [3.8, 4) is 0 Å². The lowest BCUT2D eigenvalue weighted by molar-refractivity contribution is 0.756. The molecule has 3 N–H and O–H groups in total. The molecule has 2 aromatic heterocycles. The Balaban J connectivity index is 2.33. The molecular formula is C10H16N8OS. The first kappa shape index (κ1) is 14.3. The molecule has 0 amide bonds. The monoisotopic (exact) mass is 296 g/mol. The molecule has 0 saturated heterocycles. The Morgan fingerprint density at radius 3 is 2.55 bits per heavy atom. The van der Waals surface area contributed by atoms with Crippen molar-refractivity contribution in [2.45, 2.75) is 24.2 Å². The van der Waals surface area contributed by atoms with E-state index in [-0.39, 0.29) is 11.6 Å². The van der Waals surface area contributed by atoms with E-state index < -0.39 is 0 Å². The van der Waals surface area contributed by atoms with E-state index in [0.29, 0.717) is 16.3 Å². The summed E-state index contributed by atoms with van der Waals surface area (Å²) in [6.07, 6.45) is 0. The van der Waals surface area contributed by atoms with Crippen molar-refractivity contribution < 1.29 is 0 Å². The average Bonchev–Trinajstić information content (AvgIpc) is 2.72. The third-order valence-electron chi connectivity index (χ3n) is 2.69.